The number of methoxy groups -OCH3 is 2. The zero-order valence-corrected chi connectivity index (χ0v) is 17.7. The predicted molar refractivity (Wildman–Crippen MR) is 118 cm³/mol. The fourth-order valence-corrected chi connectivity index (χ4v) is 3.52. The van der Waals surface area contributed by atoms with E-state index in [0.29, 0.717) is 23.3 Å². The summed E-state index contributed by atoms with van der Waals surface area (Å²) in [5.74, 6) is 3.83. The highest BCUT2D eigenvalue weighted by Gasteiger charge is 2.14. The highest BCUT2D eigenvalue weighted by atomic mass is 16.7. The molecule has 9 heteroatoms. The number of hydrogen-bond donors (Lipinski definition) is 1. The minimum Gasteiger partial charge on any atom is -0.493 e. The first kappa shape index (κ1) is 19.8. The molecule has 2 aromatic heterocycles. The normalized spacial score (nSPS) is 12.1. The highest BCUT2D eigenvalue weighted by Crippen LogP contribution is 2.34. The van der Waals surface area contributed by atoms with Crippen LogP contribution < -0.4 is 24.3 Å². The number of rotatable bonds is 7. The monoisotopic (exact) mass is 431 g/mol. The Labute approximate surface area is 184 Å². The van der Waals surface area contributed by atoms with Crippen LogP contribution in [0, 0.1) is 0 Å². The molecule has 0 saturated carbocycles. The first-order chi connectivity index (χ1) is 15.7. The number of hydrogen-bond acceptors (Lipinski definition) is 9. The van der Waals surface area contributed by atoms with Crippen molar-refractivity contribution in [2.24, 2.45) is 0 Å². The van der Waals surface area contributed by atoms with Gasteiger partial charge in [0.15, 0.2) is 23.0 Å². The van der Waals surface area contributed by atoms with Gasteiger partial charge in [-0.05, 0) is 42.2 Å². The van der Waals surface area contributed by atoms with E-state index >= 15 is 0 Å². The lowest BCUT2D eigenvalue weighted by Gasteiger charge is -2.11. The summed E-state index contributed by atoms with van der Waals surface area (Å²) < 4.78 is 21.5. The molecule has 0 bridgehead atoms. The number of nitrogens with one attached hydrogen (secondary N) is 1. The second kappa shape index (κ2) is 8.54. The summed E-state index contributed by atoms with van der Waals surface area (Å²) in [7, 11) is 3.18. The highest BCUT2D eigenvalue weighted by molar-refractivity contribution is 5.92. The lowest BCUT2D eigenvalue weighted by molar-refractivity contribution is 0.174. The molecule has 0 spiro atoms. The van der Waals surface area contributed by atoms with E-state index in [1.165, 1.54) is 11.9 Å². The number of anilines is 2. The SMILES string of the molecule is COc1cc2ncnc(Nc3ncc(CCc4ccc5c(c4)OCO5)cn3)c2cc1OC. The van der Waals surface area contributed by atoms with Crippen LogP contribution in [-0.4, -0.2) is 40.9 Å². The van der Waals surface area contributed by atoms with Crippen molar-refractivity contribution in [3.8, 4) is 23.0 Å². The van der Waals surface area contributed by atoms with Crippen molar-refractivity contribution in [3.05, 3.63) is 60.2 Å². The molecule has 1 aliphatic rings. The van der Waals surface area contributed by atoms with Crippen molar-refractivity contribution >= 4 is 22.7 Å². The van der Waals surface area contributed by atoms with Gasteiger partial charge in [0.05, 0.1) is 19.7 Å². The number of fused-ring (bicyclic) bond motifs is 2. The summed E-state index contributed by atoms with van der Waals surface area (Å²) in [4.78, 5) is 17.5. The van der Waals surface area contributed by atoms with E-state index in [-0.39, 0.29) is 6.79 Å². The van der Waals surface area contributed by atoms with Crippen molar-refractivity contribution in [3.63, 3.8) is 0 Å². The Morgan fingerprint density at radius 1 is 0.844 bits per heavy atom. The first-order valence-corrected chi connectivity index (χ1v) is 10.1. The Hall–Kier alpha value is -4.14. The molecule has 4 aromatic rings. The molecule has 9 nitrogen and oxygen atoms in total. The lowest BCUT2D eigenvalue weighted by atomic mass is 10.1. The third kappa shape index (κ3) is 3.92. The topological polar surface area (TPSA) is 101 Å². The van der Waals surface area contributed by atoms with Crippen molar-refractivity contribution < 1.29 is 18.9 Å². The van der Waals surface area contributed by atoms with E-state index < -0.39 is 0 Å². The predicted octanol–water partition coefficient (Wildman–Crippen LogP) is 3.69. The molecule has 0 atom stereocenters. The van der Waals surface area contributed by atoms with Gasteiger partial charge in [-0.2, -0.15) is 0 Å². The van der Waals surface area contributed by atoms with Crippen LogP contribution in [0.5, 0.6) is 23.0 Å². The molecule has 32 heavy (non-hydrogen) atoms. The van der Waals surface area contributed by atoms with Gasteiger partial charge in [0, 0.05) is 23.8 Å². The molecule has 0 fully saturated rings. The minimum atomic E-state index is 0.281. The number of aromatic nitrogens is 4. The smallest absolute Gasteiger partial charge is 0.231 e. The lowest BCUT2D eigenvalue weighted by Crippen LogP contribution is -2.02. The molecule has 0 radical (unpaired) electrons. The van der Waals surface area contributed by atoms with Gasteiger partial charge in [0.25, 0.3) is 0 Å². The number of aryl methyl sites for hydroxylation is 2. The number of nitrogens with zero attached hydrogens (tertiary/aromatic N) is 4. The van der Waals surface area contributed by atoms with Crippen LogP contribution in [0.1, 0.15) is 11.1 Å². The van der Waals surface area contributed by atoms with E-state index in [0.717, 1.165) is 40.8 Å². The molecule has 1 aliphatic heterocycles. The maximum atomic E-state index is 5.44. The summed E-state index contributed by atoms with van der Waals surface area (Å²) in [6.07, 6.45) is 6.78. The molecular formula is C23H21N5O4. The molecule has 0 amide bonds. The van der Waals surface area contributed by atoms with Crippen LogP contribution in [0.3, 0.4) is 0 Å². The zero-order chi connectivity index (χ0) is 21.9. The van der Waals surface area contributed by atoms with Gasteiger partial charge in [-0.25, -0.2) is 19.9 Å². The fraction of sp³-hybridized carbons (Fsp3) is 0.217. The molecule has 162 valence electrons. The average Bonchev–Trinajstić information content (AvgIpc) is 3.31. The second-order valence-electron chi connectivity index (χ2n) is 7.17. The van der Waals surface area contributed by atoms with Gasteiger partial charge >= 0.3 is 0 Å². The van der Waals surface area contributed by atoms with Gasteiger partial charge in [-0.15, -0.1) is 0 Å². The summed E-state index contributed by atoms with van der Waals surface area (Å²) >= 11 is 0. The quantitative estimate of drug-likeness (QED) is 0.469. The van der Waals surface area contributed by atoms with Crippen molar-refractivity contribution in [2.45, 2.75) is 12.8 Å². The Balaban J connectivity index is 1.30. The van der Waals surface area contributed by atoms with Gasteiger partial charge in [0.2, 0.25) is 12.7 Å². The largest absolute Gasteiger partial charge is 0.493 e. The van der Waals surface area contributed by atoms with Crippen molar-refractivity contribution in [1.82, 2.24) is 19.9 Å². The van der Waals surface area contributed by atoms with Crippen LogP contribution in [0.2, 0.25) is 0 Å². The van der Waals surface area contributed by atoms with E-state index in [2.05, 4.69) is 25.3 Å². The standard InChI is InChI=1S/C23H21N5O4/c1-29-19-8-16-17(9-20(19)30-2)26-12-27-22(16)28-23-24-10-15(11-25-23)4-3-14-5-6-18-21(7-14)32-13-31-18/h5-12H,3-4,13H2,1-2H3,(H,24,25,26,27,28). The maximum Gasteiger partial charge on any atom is 0.231 e. The molecular weight excluding hydrogens is 410 g/mol. The molecule has 2 aromatic carbocycles. The molecule has 3 heterocycles. The maximum absolute atomic E-state index is 5.44. The van der Waals surface area contributed by atoms with Gasteiger partial charge < -0.3 is 24.3 Å². The van der Waals surface area contributed by atoms with Crippen LogP contribution in [-0.2, 0) is 12.8 Å². The first-order valence-electron chi connectivity index (χ1n) is 10.1. The fourth-order valence-electron chi connectivity index (χ4n) is 3.52. The van der Waals surface area contributed by atoms with Crippen LogP contribution in [0.25, 0.3) is 10.9 Å². The Morgan fingerprint density at radius 3 is 2.41 bits per heavy atom. The molecule has 0 saturated heterocycles. The van der Waals surface area contributed by atoms with E-state index in [1.54, 1.807) is 20.3 Å². The summed E-state index contributed by atoms with van der Waals surface area (Å²) in [5, 5.41) is 3.94. The van der Waals surface area contributed by atoms with Gasteiger partial charge in [-0.1, -0.05) is 6.07 Å². The van der Waals surface area contributed by atoms with E-state index in [4.69, 9.17) is 18.9 Å². The zero-order valence-electron chi connectivity index (χ0n) is 17.7. The van der Waals surface area contributed by atoms with Crippen LogP contribution >= 0.6 is 0 Å². The van der Waals surface area contributed by atoms with Crippen molar-refractivity contribution in [2.75, 3.05) is 26.3 Å². The third-order valence-corrected chi connectivity index (χ3v) is 5.22. The van der Waals surface area contributed by atoms with E-state index in [1.807, 2.05) is 36.7 Å². The number of ether oxygens (including phenoxy) is 4. The van der Waals surface area contributed by atoms with Gasteiger partial charge in [-0.3, -0.25) is 0 Å². The Kier molecular flexibility index (Phi) is 5.29. The summed E-state index contributed by atoms with van der Waals surface area (Å²) in [6.45, 7) is 0.281. The van der Waals surface area contributed by atoms with Gasteiger partial charge in [0.1, 0.15) is 12.1 Å². The Morgan fingerprint density at radius 2 is 1.59 bits per heavy atom. The van der Waals surface area contributed by atoms with Crippen LogP contribution in [0.15, 0.2) is 49.1 Å². The molecule has 0 unspecified atom stereocenters. The summed E-state index contributed by atoms with van der Waals surface area (Å²) in [5.41, 5.74) is 2.93. The minimum absolute atomic E-state index is 0.281. The summed E-state index contributed by atoms with van der Waals surface area (Å²) in [6, 6.07) is 9.64. The second-order valence-corrected chi connectivity index (χ2v) is 7.17. The Bertz CT molecular complexity index is 1260. The van der Waals surface area contributed by atoms with E-state index in [9.17, 15) is 0 Å². The van der Waals surface area contributed by atoms with Crippen LogP contribution in [0.4, 0.5) is 11.8 Å². The van der Waals surface area contributed by atoms with Crippen molar-refractivity contribution in [1.29, 1.82) is 0 Å². The molecule has 5 rings (SSSR count). The number of benzene rings is 2. The third-order valence-electron chi connectivity index (χ3n) is 5.22. The average molecular weight is 431 g/mol. The molecule has 0 aliphatic carbocycles. The molecule has 1 N–H and O–H groups in total.